The maximum Gasteiger partial charge on any atom is 0.291 e. The van der Waals surface area contributed by atoms with E-state index < -0.39 is 29.0 Å². The van der Waals surface area contributed by atoms with Crippen LogP contribution in [0.4, 0.5) is 8.78 Å². The summed E-state index contributed by atoms with van der Waals surface area (Å²) >= 11 is 0. The first kappa shape index (κ1) is 23.3. The molecule has 0 bridgehead atoms. The fourth-order valence-corrected chi connectivity index (χ4v) is 4.55. The molecule has 36 heavy (non-hydrogen) atoms. The lowest BCUT2D eigenvalue weighted by Crippen LogP contribution is -2.29. The van der Waals surface area contributed by atoms with Crippen LogP contribution in [0, 0.1) is 11.6 Å². The van der Waals surface area contributed by atoms with Gasteiger partial charge >= 0.3 is 0 Å². The van der Waals surface area contributed by atoms with E-state index in [2.05, 4.69) is 0 Å². The first-order valence-electron chi connectivity index (χ1n) is 11.0. The van der Waals surface area contributed by atoms with Gasteiger partial charge in [-0.1, -0.05) is 12.1 Å². The van der Waals surface area contributed by atoms with Crippen molar-refractivity contribution in [3.63, 3.8) is 0 Å². The van der Waals surface area contributed by atoms with E-state index in [1.54, 1.807) is 24.3 Å². The van der Waals surface area contributed by atoms with Gasteiger partial charge in [0.15, 0.2) is 16.9 Å². The highest BCUT2D eigenvalue weighted by Crippen LogP contribution is 2.45. The number of amides is 1. The van der Waals surface area contributed by atoms with Crippen LogP contribution >= 0.6 is 0 Å². The number of halogens is 2. The lowest BCUT2D eigenvalue weighted by Gasteiger charge is -2.26. The highest BCUT2D eigenvalue weighted by Gasteiger charge is 2.43. The molecule has 0 radical (unpaired) electrons. The van der Waals surface area contributed by atoms with Crippen molar-refractivity contribution in [2.45, 2.75) is 12.6 Å². The Morgan fingerprint density at radius 2 is 1.50 bits per heavy atom. The minimum Gasteiger partial charge on any atom is -0.493 e. The molecule has 5 rings (SSSR count). The molecular formula is C27H21F2NO6. The molecule has 0 saturated carbocycles. The summed E-state index contributed by atoms with van der Waals surface area (Å²) in [5, 5.41) is 0.0163. The molecule has 0 aliphatic carbocycles. The maximum atomic E-state index is 14.0. The van der Waals surface area contributed by atoms with Gasteiger partial charge in [0, 0.05) is 6.54 Å². The standard InChI is InChI=1S/C27H21F2NO6/c1-33-20-10-15(11-21(34-2)25(20)35-3)23-22-24(31)18-12-17(29)8-9-19(18)36-26(22)27(32)30(23)13-14-4-6-16(28)7-5-14/h4-12,23H,13H2,1-3H3. The molecule has 0 N–H and O–H groups in total. The van der Waals surface area contributed by atoms with E-state index in [1.165, 1.54) is 44.4 Å². The largest absolute Gasteiger partial charge is 0.493 e. The van der Waals surface area contributed by atoms with E-state index in [0.29, 0.717) is 28.4 Å². The molecule has 1 amide bonds. The third kappa shape index (κ3) is 3.73. The monoisotopic (exact) mass is 493 g/mol. The number of carbonyl (C=O) groups is 1. The molecule has 0 fully saturated rings. The number of nitrogens with zero attached hydrogens (tertiary/aromatic N) is 1. The highest BCUT2D eigenvalue weighted by molar-refractivity contribution is 5.99. The Kier molecular flexibility index (Phi) is 5.83. The van der Waals surface area contributed by atoms with Crippen molar-refractivity contribution in [2.75, 3.05) is 21.3 Å². The van der Waals surface area contributed by atoms with E-state index in [4.69, 9.17) is 18.6 Å². The second kappa shape index (κ2) is 8.99. The highest BCUT2D eigenvalue weighted by atomic mass is 19.1. The van der Waals surface area contributed by atoms with E-state index in [0.717, 1.165) is 12.1 Å². The Balaban J connectivity index is 1.76. The van der Waals surface area contributed by atoms with Gasteiger partial charge in [0.1, 0.15) is 17.2 Å². The fourth-order valence-electron chi connectivity index (χ4n) is 4.55. The van der Waals surface area contributed by atoms with Gasteiger partial charge in [-0.2, -0.15) is 0 Å². The van der Waals surface area contributed by atoms with Gasteiger partial charge in [0.25, 0.3) is 5.91 Å². The van der Waals surface area contributed by atoms with Crippen LogP contribution in [0.3, 0.4) is 0 Å². The summed E-state index contributed by atoms with van der Waals surface area (Å²) in [6.45, 7) is 0.0504. The summed E-state index contributed by atoms with van der Waals surface area (Å²) in [6, 6.07) is 11.6. The summed E-state index contributed by atoms with van der Waals surface area (Å²) in [7, 11) is 4.37. The lowest BCUT2D eigenvalue weighted by atomic mass is 9.97. The number of methoxy groups -OCH3 is 3. The molecule has 4 aromatic rings. The van der Waals surface area contributed by atoms with Gasteiger partial charge in [0.2, 0.25) is 11.5 Å². The number of ether oxygens (including phenoxy) is 3. The van der Waals surface area contributed by atoms with Crippen LogP contribution in [-0.4, -0.2) is 32.1 Å². The SMILES string of the molecule is COc1cc(C2c3c(oc4ccc(F)cc4c3=O)C(=O)N2Cc2ccc(F)cc2)cc(OC)c1OC. The van der Waals surface area contributed by atoms with Crippen LogP contribution in [0.15, 0.2) is 63.8 Å². The van der Waals surface area contributed by atoms with Crippen LogP contribution in [0.25, 0.3) is 11.0 Å². The Hall–Kier alpha value is -4.40. The Labute approximate surface area is 204 Å². The van der Waals surface area contributed by atoms with Gasteiger partial charge in [0.05, 0.1) is 38.3 Å². The zero-order chi connectivity index (χ0) is 25.6. The Morgan fingerprint density at radius 1 is 0.861 bits per heavy atom. The molecular weight excluding hydrogens is 472 g/mol. The van der Waals surface area contributed by atoms with Crippen LogP contribution < -0.4 is 19.6 Å². The summed E-state index contributed by atoms with van der Waals surface area (Å²) in [6.07, 6.45) is 0. The minimum atomic E-state index is -0.921. The molecule has 1 aliphatic heterocycles. The third-order valence-corrected chi connectivity index (χ3v) is 6.20. The van der Waals surface area contributed by atoms with Crippen LogP contribution in [0.2, 0.25) is 0 Å². The van der Waals surface area contributed by atoms with E-state index >= 15 is 0 Å². The van der Waals surface area contributed by atoms with E-state index in [9.17, 15) is 18.4 Å². The fraction of sp³-hybridized carbons (Fsp3) is 0.185. The molecule has 2 heterocycles. The van der Waals surface area contributed by atoms with Crippen molar-refractivity contribution in [3.05, 3.63) is 98.9 Å². The zero-order valence-corrected chi connectivity index (χ0v) is 19.6. The topological polar surface area (TPSA) is 78.2 Å². The normalized spacial score (nSPS) is 14.8. The van der Waals surface area contributed by atoms with Crippen molar-refractivity contribution in [3.8, 4) is 17.2 Å². The first-order chi connectivity index (χ1) is 17.4. The molecule has 1 atom stereocenters. The minimum absolute atomic E-state index is 0.0163. The molecule has 1 aromatic heterocycles. The molecule has 7 nitrogen and oxygen atoms in total. The van der Waals surface area contributed by atoms with Crippen molar-refractivity contribution < 1.29 is 32.2 Å². The maximum absolute atomic E-state index is 14.0. The molecule has 1 unspecified atom stereocenters. The quantitative estimate of drug-likeness (QED) is 0.383. The third-order valence-electron chi connectivity index (χ3n) is 6.20. The Morgan fingerprint density at radius 3 is 2.11 bits per heavy atom. The molecule has 184 valence electrons. The zero-order valence-electron chi connectivity index (χ0n) is 19.6. The van der Waals surface area contributed by atoms with Crippen molar-refractivity contribution in [1.82, 2.24) is 4.90 Å². The molecule has 0 spiro atoms. The molecule has 9 heteroatoms. The number of rotatable bonds is 6. The number of carbonyl (C=O) groups excluding carboxylic acids is 1. The molecule has 3 aromatic carbocycles. The number of hydrogen-bond donors (Lipinski definition) is 0. The van der Waals surface area contributed by atoms with Gasteiger partial charge in [-0.25, -0.2) is 8.78 Å². The van der Waals surface area contributed by atoms with Gasteiger partial charge in [-0.05, 0) is 53.6 Å². The average molecular weight is 493 g/mol. The lowest BCUT2D eigenvalue weighted by molar-refractivity contribution is 0.0714. The number of hydrogen-bond acceptors (Lipinski definition) is 6. The van der Waals surface area contributed by atoms with Crippen molar-refractivity contribution in [2.24, 2.45) is 0 Å². The smallest absolute Gasteiger partial charge is 0.291 e. The van der Waals surface area contributed by atoms with Crippen LogP contribution in [0.1, 0.15) is 33.3 Å². The summed E-state index contributed by atoms with van der Waals surface area (Å²) in [5.74, 6) is -0.702. The second-order valence-electron chi connectivity index (χ2n) is 8.24. The summed E-state index contributed by atoms with van der Waals surface area (Å²) in [4.78, 5) is 28.7. The van der Waals surface area contributed by atoms with Crippen molar-refractivity contribution >= 4 is 16.9 Å². The molecule has 0 saturated heterocycles. The van der Waals surface area contributed by atoms with Crippen molar-refractivity contribution in [1.29, 1.82) is 0 Å². The van der Waals surface area contributed by atoms with Crippen LogP contribution in [0.5, 0.6) is 17.2 Å². The van der Waals surface area contributed by atoms with Gasteiger partial charge in [-0.15, -0.1) is 0 Å². The van der Waals surface area contributed by atoms with E-state index in [-0.39, 0.29) is 28.8 Å². The molecule has 1 aliphatic rings. The second-order valence-corrected chi connectivity index (χ2v) is 8.24. The average Bonchev–Trinajstić information content (AvgIpc) is 3.16. The predicted octanol–water partition coefficient (Wildman–Crippen LogP) is 4.84. The summed E-state index contributed by atoms with van der Waals surface area (Å²) < 4.78 is 49.7. The van der Waals surface area contributed by atoms with E-state index in [1.807, 2.05) is 0 Å². The predicted molar refractivity (Wildman–Crippen MR) is 127 cm³/mol. The number of benzene rings is 3. The first-order valence-corrected chi connectivity index (χ1v) is 11.0. The number of fused-ring (bicyclic) bond motifs is 2. The Bertz CT molecular complexity index is 1520. The van der Waals surface area contributed by atoms with Gasteiger partial charge < -0.3 is 23.5 Å². The summed E-state index contributed by atoms with van der Waals surface area (Å²) in [5.41, 5.74) is 0.759. The van der Waals surface area contributed by atoms with Gasteiger partial charge in [-0.3, -0.25) is 9.59 Å². The van der Waals surface area contributed by atoms with Crippen LogP contribution in [-0.2, 0) is 6.54 Å².